The predicted octanol–water partition coefficient (Wildman–Crippen LogP) is 3.38. The lowest BCUT2D eigenvalue weighted by molar-refractivity contribution is 0.393. The summed E-state index contributed by atoms with van der Waals surface area (Å²) in [5, 5.41) is 3.43. The average Bonchev–Trinajstić information content (AvgIpc) is 3.16. The summed E-state index contributed by atoms with van der Waals surface area (Å²) in [4.78, 5) is 0. The van der Waals surface area contributed by atoms with Crippen LogP contribution in [0.5, 0.6) is 5.75 Å². The van der Waals surface area contributed by atoms with E-state index >= 15 is 0 Å². The van der Waals surface area contributed by atoms with Crippen LogP contribution in [0, 0.1) is 5.82 Å². The number of rotatable bonds is 6. The molecule has 0 saturated heterocycles. The molecule has 18 heavy (non-hydrogen) atoms. The molecule has 2 rings (SSSR count). The maximum Gasteiger partial charge on any atom is 0.131 e. The Morgan fingerprint density at radius 3 is 2.78 bits per heavy atom. The SMILES string of the molecule is COc1cccc(F)c1C(C)NCC1(SC)CC1. The fraction of sp³-hybridized carbons (Fsp3) is 0.571. The predicted molar refractivity (Wildman–Crippen MR) is 74.8 cm³/mol. The van der Waals surface area contributed by atoms with Gasteiger partial charge in [0.2, 0.25) is 0 Å². The minimum absolute atomic E-state index is 0.0363. The van der Waals surface area contributed by atoms with Crippen LogP contribution >= 0.6 is 11.8 Å². The highest BCUT2D eigenvalue weighted by Crippen LogP contribution is 2.46. The number of hydrogen-bond acceptors (Lipinski definition) is 3. The van der Waals surface area contributed by atoms with Gasteiger partial charge in [-0.05, 0) is 38.2 Å². The topological polar surface area (TPSA) is 21.3 Å². The second-order valence-corrected chi connectivity index (χ2v) is 6.12. The van der Waals surface area contributed by atoms with E-state index in [2.05, 4.69) is 11.6 Å². The summed E-state index contributed by atoms with van der Waals surface area (Å²) in [6.07, 6.45) is 4.65. The molecule has 1 N–H and O–H groups in total. The van der Waals surface area contributed by atoms with Crippen molar-refractivity contribution < 1.29 is 9.13 Å². The Bertz CT molecular complexity index is 420. The van der Waals surface area contributed by atoms with Gasteiger partial charge in [0.15, 0.2) is 0 Å². The monoisotopic (exact) mass is 269 g/mol. The zero-order chi connectivity index (χ0) is 13.2. The van der Waals surface area contributed by atoms with E-state index in [0.29, 0.717) is 16.1 Å². The van der Waals surface area contributed by atoms with Crippen molar-refractivity contribution in [3.63, 3.8) is 0 Å². The maximum atomic E-state index is 13.9. The molecule has 1 aliphatic rings. The fourth-order valence-electron chi connectivity index (χ4n) is 2.15. The summed E-state index contributed by atoms with van der Waals surface area (Å²) >= 11 is 1.90. The molecule has 0 aromatic heterocycles. The molecule has 1 aromatic carbocycles. The van der Waals surface area contributed by atoms with Crippen LogP contribution in [0.3, 0.4) is 0 Å². The van der Waals surface area contributed by atoms with Gasteiger partial charge in [-0.15, -0.1) is 0 Å². The van der Waals surface area contributed by atoms with Crippen LogP contribution in [0.25, 0.3) is 0 Å². The summed E-state index contributed by atoms with van der Waals surface area (Å²) in [5.74, 6) is 0.410. The van der Waals surface area contributed by atoms with Gasteiger partial charge in [-0.3, -0.25) is 0 Å². The van der Waals surface area contributed by atoms with Crippen LogP contribution in [0.15, 0.2) is 18.2 Å². The fourth-order valence-corrected chi connectivity index (χ4v) is 2.89. The first-order chi connectivity index (χ1) is 8.62. The number of benzene rings is 1. The van der Waals surface area contributed by atoms with Gasteiger partial charge in [0.25, 0.3) is 0 Å². The van der Waals surface area contributed by atoms with Crippen LogP contribution in [0.2, 0.25) is 0 Å². The lowest BCUT2D eigenvalue weighted by Crippen LogP contribution is -2.29. The number of hydrogen-bond donors (Lipinski definition) is 1. The van der Waals surface area contributed by atoms with Gasteiger partial charge in [0.1, 0.15) is 11.6 Å². The smallest absolute Gasteiger partial charge is 0.131 e. The maximum absolute atomic E-state index is 13.9. The van der Waals surface area contributed by atoms with Crippen LogP contribution in [-0.2, 0) is 0 Å². The van der Waals surface area contributed by atoms with Gasteiger partial charge >= 0.3 is 0 Å². The molecule has 1 aromatic rings. The van der Waals surface area contributed by atoms with Gasteiger partial charge < -0.3 is 10.1 Å². The van der Waals surface area contributed by atoms with Gasteiger partial charge in [0, 0.05) is 22.9 Å². The Morgan fingerprint density at radius 1 is 1.50 bits per heavy atom. The summed E-state index contributed by atoms with van der Waals surface area (Å²) in [7, 11) is 1.58. The second kappa shape index (κ2) is 5.49. The summed E-state index contributed by atoms with van der Waals surface area (Å²) in [6, 6.07) is 4.93. The van der Waals surface area contributed by atoms with Crippen LogP contribution in [0.1, 0.15) is 31.4 Å². The van der Waals surface area contributed by atoms with Crippen molar-refractivity contribution in [2.45, 2.75) is 30.6 Å². The molecule has 1 unspecified atom stereocenters. The zero-order valence-electron chi connectivity index (χ0n) is 11.1. The first-order valence-corrected chi connectivity index (χ1v) is 7.45. The lowest BCUT2D eigenvalue weighted by atomic mass is 10.1. The van der Waals surface area contributed by atoms with Crippen molar-refractivity contribution in [2.75, 3.05) is 19.9 Å². The molecule has 0 bridgehead atoms. The molecular weight excluding hydrogens is 249 g/mol. The Balaban J connectivity index is 2.06. The number of nitrogens with one attached hydrogen (secondary N) is 1. The number of thioether (sulfide) groups is 1. The Hall–Kier alpha value is -0.740. The third-order valence-corrected chi connectivity index (χ3v) is 5.06. The molecule has 4 heteroatoms. The first-order valence-electron chi connectivity index (χ1n) is 6.23. The normalized spacial score (nSPS) is 18.4. The number of methoxy groups -OCH3 is 1. The zero-order valence-corrected chi connectivity index (χ0v) is 11.9. The van der Waals surface area contributed by atoms with E-state index in [0.717, 1.165) is 6.54 Å². The van der Waals surface area contributed by atoms with Gasteiger partial charge in [0.05, 0.1) is 7.11 Å². The molecular formula is C14H20FNOS. The molecule has 0 heterocycles. The minimum Gasteiger partial charge on any atom is -0.496 e. The number of ether oxygens (including phenoxy) is 1. The van der Waals surface area contributed by atoms with Crippen LogP contribution in [0.4, 0.5) is 4.39 Å². The Morgan fingerprint density at radius 2 is 2.22 bits per heavy atom. The average molecular weight is 269 g/mol. The molecule has 0 radical (unpaired) electrons. The Labute approximate surface area is 112 Å². The van der Waals surface area contributed by atoms with Gasteiger partial charge in [-0.25, -0.2) is 4.39 Å². The highest BCUT2D eigenvalue weighted by atomic mass is 32.2. The molecule has 1 atom stereocenters. The van der Waals surface area contributed by atoms with Crippen LogP contribution < -0.4 is 10.1 Å². The summed E-state index contributed by atoms with van der Waals surface area (Å²) in [5.41, 5.74) is 0.622. The summed E-state index contributed by atoms with van der Waals surface area (Å²) in [6.45, 7) is 2.91. The molecule has 1 saturated carbocycles. The number of halogens is 1. The molecule has 0 spiro atoms. The van der Waals surface area contributed by atoms with E-state index < -0.39 is 0 Å². The van der Waals surface area contributed by atoms with Crippen molar-refractivity contribution in [3.05, 3.63) is 29.6 Å². The molecule has 0 aliphatic heterocycles. The third kappa shape index (κ3) is 2.81. The van der Waals surface area contributed by atoms with Gasteiger partial charge in [-0.2, -0.15) is 11.8 Å². The Kier molecular flexibility index (Phi) is 4.17. The van der Waals surface area contributed by atoms with Crippen molar-refractivity contribution in [3.8, 4) is 5.75 Å². The van der Waals surface area contributed by atoms with Crippen molar-refractivity contribution in [2.24, 2.45) is 0 Å². The molecule has 0 amide bonds. The van der Waals surface area contributed by atoms with E-state index in [9.17, 15) is 4.39 Å². The van der Waals surface area contributed by atoms with E-state index in [-0.39, 0.29) is 11.9 Å². The second-order valence-electron chi connectivity index (χ2n) is 4.85. The van der Waals surface area contributed by atoms with E-state index in [1.165, 1.54) is 18.9 Å². The quantitative estimate of drug-likeness (QED) is 0.855. The van der Waals surface area contributed by atoms with E-state index in [4.69, 9.17) is 4.74 Å². The molecule has 1 aliphatic carbocycles. The molecule has 1 fully saturated rings. The van der Waals surface area contributed by atoms with Crippen molar-refractivity contribution in [1.82, 2.24) is 5.32 Å². The van der Waals surface area contributed by atoms with E-state index in [1.807, 2.05) is 18.7 Å². The highest BCUT2D eigenvalue weighted by molar-refractivity contribution is 8.00. The third-order valence-electron chi connectivity index (χ3n) is 3.64. The largest absolute Gasteiger partial charge is 0.496 e. The van der Waals surface area contributed by atoms with Crippen molar-refractivity contribution in [1.29, 1.82) is 0 Å². The highest BCUT2D eigenvalue weighted by Gasteiger charge is 2.41. The molecule has 100 valence electrons. The lowest BCUT2D eigenvalue weighted by Gasteiger charge is -2.21. The van der Waals surface area contributed by atoms with E-state index in [1.54, 1.807) is 19.2 Å². The standard InChI is InChI=1S/C14H20FNOS/c1-10(16-9-14(18-3)7-8-14)13-11(15)5-4-6-12(13)17-2/h4-6,10,16H,7-9H2,1-3H3. The first kappa shape index (κ1) is 13.7. The van der Waals surface area contributed by atoms with Crippen molar-refractivity contribution >= 4 is 11.8 Å². The molecule has 2 nitrogen and oxygen atoms in total. The van der Waals surface area contributed by atoms with Crippen LogP contribution in [-0.4, -0.2) is 24.7 Å². The van der Waals surface area contributed by atoms with Gasteiger partial charge in [-0.1, -0.05) is 6.07 Å². The summed E-state index contributed by atoms with van der Waals surface area (Å²) < 4.78 is 19.5. The minimum atomic E-state index is -0.205.